The summed E-state index contributed by atoms with van der Waals surface area (Å²) in [5.74, 6) is -0.407. The maximum Gasteiger partial charge on any atom is 0.163 e. The number of ether oxygens (including phenoxy) is 1. The Morgan fingerprint density at radius 2 is 2.31 bits per heavy atom. The lowest BCUT2D eigenvalue weighted by Crippen LogP contribution is -2.00. The summed E-state index contributed by atoms with van der Waals surface area (Å²) in [6.07, 6.45) is 0. The Morgan fingerprint density at radius 3 is 2.85 bits per heavy atom. The van der Waals surface area contributed by atoms with E-state index in [2.05, 4.69) is 0 Å². The molecular weight excluding hydrogens is 195 g/mol. The van der Waals surface area contributed by atoms with Crippen molar-refractivity contribution in [3.63, 3.8) is 0 Å². The minimum Gasteiger partial charge on any atom is -0.477 e. The van der Waals surface area contributed by atoms with Gasteiger partial charge in [0.2, 0.25) is 0 Å². The predicted octanol–water partition coefficient (Wildman–Crippen LogP) is 2.60. The Bertz CT molecular complexity index is 325. The van der Waals surface area contributed by atoms with Crippen LogP contribution in [0.25, 0.3) is 0 Å². The molecule has 0 radical (unpaired) electrons. The lowest BCUT2D eigenvalue weighted by Gasteiger charge is -2.06. The number of ketones is 1. The van der Waals surface area contributed by atoms with Gasteiger partial charge < -0.3 is 4.74 Å². The van der Waals surface area contributed by atoms with Gasteiger partial charge in [-0.3, -0.25) is 4.79 Å². The van der Waals surface area contributed by atoms with Crippen LogP contribution in [0, 0.1) is 5.82 Å². The fourth-order valence-electron chi connectivity index (χ4n) is 0.962. The largest absolute Gasteiger partial charge is 0.477 e. The van der Waals surface area contributed by atoms with Crippen LogP contribution in [-0.2, 0) is 0 Å². The third-order valence-corrected chi connectivity index (χ3v) is 1.64. The van der Waals surface area contributed by atoms with Crippen LogP contribution >= 0.6 is 11.6 Å². The third kappa shape index (κ3) is 2.42. The van der Waals surface area contributed by atoms with Crippen LogP contribution in [0.15, 0.2) is 18.2 Å². The zero-order valence-corrected chi connectivity index (χ0v) is 7.77. The van der Waals surface area contributed by atoms with Gasteiger partial charge in [-0.05, 0) is 25.1 Å². The molecule has 1 aromatic rings. The molecule has 70 valence electrons. The monoisotopic (exact) mass is 202 g/mol. The highest BCUT2D eigenvalue weighted by Crippen LogP contribution is 2.20. The molecule has 0 aliphatic carbocycles. The quantitative estimate of drug-likeness (QED) is 0.556. The fourth-order valence-corrected chi connectivity index (χ4v) is 1.08. The minimum absolute atomic E-state index is 0.0636. The molecule has 0 bridgehead atoms. The van der Waals surface area contributed by atoms with Crippen LogP contribution in [0.1, 0.15) is 17.3 Å². The number of halogens is 2. The summed E-state index contributed by atoms with van der Waals surface area (Å²) in [6.45, 7) is 1.34. The highest BCUT2D eigenvalue weighted by Gasteiger charge is 2.08. The van der Waals surface area contributed by atoms with E-state index in [0.717, 1.165) is 6.07 Å². The molecule has 0 heterocycles. The second-order valence-corrected chi connectivity index (χ2v) is 2.67. The Hall–Kier alpha value is -1.09. The number of carbonyl (C=O) groups excluding carboxylic acids is 1. The molecule has 4 heteroatoms. The lowest BCUT2D eigenvalue weighted by atomic mass is 10.1. The Kier molecular flexibility index (Phi) is 3.25. The second kappa shape index (κ2) is 4.23. The zero-order chi connectivity index (χ0) is 9.84. The number of benzene rings is 1. The standard InChI is InChI=1S/C9H8ClFO2/c1-6(12)8-4-7(11)2-3-9(8)13-5-10/h2-4H,5H2,1H3. The molecule has 0 atom stereocenters. The van der Waals surface area contributed by atoms with Crippen LogP contribution in [0.2, 0.25) is 0 Å². The van der Waals surface area contributed by atoms with E-state index < -0.39 is 5.82 Å². The van der Waals surface area contributed by atoms with Crippen molar-refractivity contribution in [2.24, 2.45) is 0 Å². The first-order valence-corrected chi connectivity index (χ1v) is 4.18. The van der Waals surface area contributed by atoms with Gasteiger partial charge >= 0.3 is 0 Å². The number of rotatable bonds is 3. The first kappa shape index (κ1) is 9.99. The summed E-state index contributed by atoms with van der Waals surface area (Å²) in [6, 6.07) is 3.67. The molecular formula is C9H8ClFO2. The SMILES string of the molecule is CC(=O)c1cc(F)ccc1OCCl. The average molecular weight is 203 g/mol. The first-order chi connectivity index (χ1) is 6.15. The Balaban J connectivity index is 3.10. The van der Waals surface area contributed by atoms with Crippen LogP contribution in [0.5, 0.6) is 5.75 Å². The molecule has 0 amide bonds. The highest BCUT2D eigenvalue weighted by atomic mass is 35.5. The van der Waals surface area contributed by atoms with Gasteiger partial charge in [0.25, 0.3) is 0 Å². The normalized spacial score (nSPS) is 9.77. The van der Waals surface area contributed by atoms with Crippen molar-refractivity contribution in [1.29, 1.82) is 0 Å². The van der Waals surface area contributed by atoms with E-state index in [0.29, 0.717) is 5.75 Å². The van der Waals surface area contributed by atoms with E-state index in [1.165, 1.54) is 19.1 Å². The molecule has 0 N–H and O–H groups in total. The number of hydrogen-bond donors (Lipinski definition) is 0. The fraction of sp³-hybridized carbons (Fsp3) is 0.222. The van der Waals surface area contributed by atoms with Crippen molar-refractivity contribution in [3.8, 4) is 5.75 Å². The maximum atomic E-state index is 12.7. The average Bonchev–Trinajstić information content (AvgIpc) is 2.08. The van der Waals surface area contributed by atoms with Crippen molar-refractivity contribution < 1.29 is 13.9 Å². The van der Waals surface area contributed by atoms with Crippen molar-refractivity contribution >= 4 is 17.4 Å². The van der Waals surface area contributed by atoms with Gasteiger partial charge in [-0.15, -0.1) is 0 Å². The summed E-state index contributed by atoms with van der Waals surface area (Å²) < 4.78 is 17.6. The summed E-state index contributed by atoms with van der Waals surface area (Å²) in [4.78, 5) is 11.0. The van der Waals surface area contributed by atoms with Gasteiger partial charge in [-0.25, -0.2) is 4.39 Å². The van der Waals surface area contributed by atoms with Crippen LogP contribution in [0.3, 0.4) is 0 Å². The number of Topliss-reactive ketones (excluding diaryl/α,β-unsaturated/α-hetero) is 1. The van der Waals surface area contributed by atoms with E-state index in [4.69, 9.17) is 16.3 Å². The predicted molar refractivity (Wildman–Crippen MR) is 47.8 cm³/mol. The summed E-state index contributed by atoms with van der Waals surface area (Å²) in [5.41, 5.74) is 0.209. The zero-order valence-electron chi connectivity index (χ0n) is 7.01. The van der Waals surface area contributed by atoms with Gasteiger partial charge in [-0.2, -0.15) is 0 Å². The van der Waals surface area contributed by atoms with E-state index in [9.17, 15) is 9.18 Å². The minimum atomic E-state index is -0.466. The Labute approximate surface area is 80.3 Å². The van der Waals surface area contributed by atoms with E-state index in [-0.39, 0.29) is 17.4 Å². The van der Waals surface area contributed by atoms with Crippen LogP contribution in [-0.4, -0.2) is 11.8 Å². The van der Waals surface area contributed by atoms with Gasteiger partial charge in [0.15, 0.2) is 11.8 Å². The second-order valence-electron chi connectivity index (χ2n) is 2.45. The van der Waals surface area contributed by atoms with Crippen molar-refractivity contribution in [3.05, 3.63) is 29.6 Å². The molecule has 1 aromatic carbocycles. The van der Waals surface area contributed by atoms with Crippen LogP contribution in [0.4, 0.5) is 4.39 Å². The van der Waals surface area contributed by atoms with E-state index >= 15 is 0 Å². The van der Waals surface area contributed by atoms with Crippen molar-refractivity contribution in [2.75, 3.05) is 6.07 Å². The summed E-state index contributed by atoms with van der Waals surface area (Å²) in [5, 5.41) is 0. The number of carbonyl (C=O) groups is 1. The molecule has 2 nitrogen and oxygen atoms in total. The van der Waals surface area contributed by atoms with Gasteiger partial charge in [0.05, 0.1) is 5.56 Å². The van der Waals surface area contributed by atoms with Gasteiger partial charge in [0.1, 0.15) is 11.6 Å². The molecule has 0 fully saturated rings. The Morgan fingerprint density at radius 1 is 1.62 bits per heavy atom. The smallest absolute Gasteiger partial charge is 0.163 e. The molecule has 0 saturated carbocycles. The van der Waals surface area contributed by atoms with Crippen molar-refractivity contribution in [2.45, 2.75) is 6.92 Å². The molecule has 1 rings (SSSR count). The molecule has 0 unspecified atom stereocenters. The molecule has 13 heavy (non-hydrogen) atoms. The highest BCUT2D eigenvalue weighted by molar-refractivity contribution is 6.17. The lowest BCUT2D eigenvalue weighted by molar-refractivity contribution is 0.101. The molecule has 0 saturated heterocycles. The molecule has 0 spiro atoms. The third-order valence-electron chi connectivity index (χ3n) is 1.53. The van der Waals surface area contributed by atoms with E-state index in [1.807, 2.05) is 0 Å². The van der Waals surface area contributed by atoms with E-state index in [1.54, 1.807) is 0 Å². The van der Waals surface area contributed by atoms with Crippen molar-refractivity contribution in [1.82, 2.24) is 0 Å². The molecule has 0 aliphatic heterocycles. The summed E-state index contributed by atoms with van der Waals surface area (Å²) in [7, 11) is 0. The van der Waals surface area contributed by atoms with Gasteiger partial charge in [-0.1, -0.05) is 11.6 Å². The molecule has 0 aromatic heterocycles. The molecule has 0 aliphatic rings. The number of alkyl halides is 1. The van der Waals surface area contributed by atoms with Gasteiger partial charge in [0, 0.05) is 0 Å². The topological polar surface area (TPSA) is 26.3 Å². The summed E-state index contributed by atoms with van der Waals surface area (Å²) >= 11 is 5.33. The first-order valence-electron chi connectivity index (χ1n) is 3.64. The van der Waals surface area contributed by atoms with Crippen LogP contribution < -0.4 is 4.74 Å². The number of hydrogen-bond acceptors (Lipinski definition) is 2. The maximum absolute atomic E-state index is 12.7.